The summed E-state index contributed by atoms with van der Waals surface area (Å²) >= 11 is 5.04. The quantitative estimate of drug-likeness (QED) is 0.796. The van der Waals surface area contributed by atoms with Crippen LogP contribution in [0.25, 0.3) is 0 Å². The summed E-state index contributed by atoms with van der Waals surface area (Å²) in [4.78, 5) is 7.00. The molecule has 1 atom stereocenters. The predicted octanol–water partition coefficient (Wildman–Crippen LogP) is 1.95. The summed E-state index contributed by atoms with van der Waals surface area (Å²) in [6, 6.07) is 4.00. The van der Waals surface area contributed by atoms with Crippen LogP contribution in [0.1, 0.15) is 25.5 Å². The lowest BCUT2D eigenvalue weighted by Crippen LogP contribution is -2.35. The Labute approximate surface area is 102 Å². The second-order valence-electron chi connectivity index (χ2n) is 4.43. The fourth-order valence-corrected chi connectivity index (χ4v) is 2.41. The van der Waals surface area contributed by atoms with Crippen molar-refractivity contribution < 1.29 is 0 Å². The molecule has 1 aliphatic heterocycles. The maximum atomic E-state index is 5.70. The molecule has 16 heavy (non-hydrogen) atoms. The van der Waals surface area contributed by atoms with Crippen molar-refractivity contribution in [3.05, 3.63) is 24.0 Å². The average molecular weight is 235 g/mol. The van der Waals surface area contributed by atoms with E-state index in [1.165, 1.54) is 12.8 Å². The summed E-state index contributed by atoms with van der Waals surface area (Å²) < 4.78 is 0. The molecule has 1 aromatic heterocycles. The molecular formula is C12H17N3S. The van der Waals surface area contributed by atoms with Gasteiger partial charge in [-0.3, -0.25) is 4.98 Å². The summed E-state index contributed by atoms with van der Waals surface area (Å²) in [5.41, 5.74) is 7.54. The van der Waals surface area contributed by atoms with Crippen LogP contribution in [0.2, 0.25) is 0 Å². The van der Waals surface area contributed by atoms with Gasteiger partial charge < -0.3 is 10.6 Å². The number of rotatable bonds is 2. The Bertz CT molecular complexity index is 392. The van der Waals surface area contributed by atoms with Crippen LogP contribution < -0.4 is 10.6 Å². The third-order valence-electron chi connectivity index (χ3n) is 3.02. The number of nitrogens with zero attached hydrogens (tertiary/aromatic N) is 2. The van der Waals surface area contributed by atoms with E-state index in [-0.39, 0.29) is 0 Å². The van der Waals surface area contributed by atoms with Crippen molar-refractivity contribution in [1.29, 1.82) is 0 Å². The van der Waals surface area contributed by atoms with Gasteiger partial charge in [-0.2, -0.15) is 0 Å². The first-order chi connectivity index (χ1) is 7.68. The van der Waals surface area contributed by atoms with E-state index in [0.717, 1.165) is 30.4 Å². The van der Waals surface area contributed by atoms with Crippen molar-refractivity contribution in [1.82, 2.24) is 4.98 Å². The summed E-state index contributed by atoms with van der Waals surface area (Å²) in [6.07, 6.45) is 4.28. The molecule has 0 spiro atoms. The molecule has 0 saturated carbocycles. The Morgan fingerprint density at radius 1 is 1.62 bits per heavy atom. The van der Waals surface area contributed by atoms with Crippen molar-refractivity contribution in [2.24, 2.45) is 11.7 Å². The second kappa shape index (κ2) is 4.78. The molecule has 0 aliphatic carbocycles. The molecule has 1 unspecified atom stereocenters. The molecule has 1 aromatic rings. The van der Waals surface area contributed by atoms with Gasteiger partial charge in [-0.1, -0.05) is 19.1 Å². The minimum Gasteiger partial charge on any atom is -0.388 e. The fraction of sp³-hybridized carbons (Fsp3) is 0.500. The lowest BCUT2D eigenvalue weighted by atomic mass is 9.99. The van der Waals surface area contributed by atoms with E-state index in [1.807, 2.05) is 6.07 Å². The monoisotopic (exact) mass is 235 g/mol. The Balaban J connectivity index is 2.28. The number of nitrogens with two attached hydrogens (primary N) is 1. The number of pyridine rings is 1. The van der Waals surface area contributed by atoms with Gasteiger partial charge in [0.15, 0.2) is 0 Å². The highest BCUT2D eigenvalue weighted by atomic mass is 32.1. The lowest BCUT2D eigenvalue weighted by Gasteiger charge is -2.33. The molecule has 3 nitrogen and oxygen atoms in total. The van der Waals surface area contributed by atoms with Gasteiger partial charge in [0, 0.05) is 19.3 Å². The number of hydrogen-bond acceptors (Lipinski definition) is 3. The van der Waals surface area contributed by atoms with Crippen LogP contribution in [0.5, 0.6) is 0 Å². The Morgan fingerprint density at radius 3 is 3.12 bits per heavy atom. The van der Waals surface area contributed by atoms with Crippen LogP contribution in [-0.4, -0.2) is 23.1 Å². The van der Waals surface area contributed by atoms with E-state index in [2.05, 4.69) is 22.9 Å². The molecule has 4 heteroatoms. The van der Waals surface area contributed by atoms with E-state index in [9.17, 15) is 0 Å². The Morgan fingerprint density at radius 2 is 2.44 bits per heavy atom. The van der Waals surface area contributed by atoms with Gasteiger partial charge in [-0.25, -0.2) is 0 Å². The summed E-state index contributed by atoms with van der Waals surface area (Å²) in [5, 5.41) is 0. The lowest BCUT2D eigenvalue weighted by molar-refractivity contribution is 0.446. The van der Waals surface area contributed by atoms with Crippen molar-refractivity contribution in [3.63, 3.8) is 0 Å². The van der Waals surface area contributed by atoms with Crippen LogP contribution in [0.15, 0.2) is 18.3 Å². The fourth-order valence-electron chi connectivity index (χ4n) is 2.25. The van der Waals surface area contributed by atoms with Gasteiger partial charge in [0.2, 0.25) is 0 Å². The number of hydrogen-bond donors (Lipinski definition) is 1. The van der Waals surface area contributed by atoms with Gasteiger partial charge in [0.05, 0.1) is 5.69 Å². The van der Waals surface area contributed by atoms with Crippen LogP contribution in [0, 0.1) is 5.92 Å². The Kier molecular flexibility index (Phi) is 3.39. The molecular weight excluding hydrogens is 218 g/mol. The minimum absolute atomic E-state index is 0.383. The van der Waals surface area contributed by atoms with Gasteiger partial charge in [0.25, 0.3) is 0 Å². The first kappa shape index (κ1) is 11.3. The molecule has 0 amide bonds. The van der Waals surface area contributed by atoms with Crippen molar-refractivity contribution in [3.8, 4) is 0 Å². The predicted molar refractivity (Wildman–Crippen MR) is 70.7 cm³/mol. The molecule has 2 heterocycles. The summed E-state index contributed by atoms with van der Waals surface area (Å²) in [7, 11) is 0. The van der Waals surface area contributed by atoms with Crippen LogP contribution in [-0.2, 0) is 0 Å². The smallest absolute Gasteiger partial charge is 0.124 e. The maximum absolute atomic E-state index is 5.70. The van der Waals surface area contributed by atoms with Gasteiger partial charge in [0.1, 0.15) is 10.7 Å². The molecule has 2 rings (SSSR count). The highest BCUT2D eigenvalue weighted by Crippen LogP contribution is 2.24. The molecule has 1 fully saturated rings. The molecule has 0 bridgehead atoms. The molecule has 1 aliphatic rings. The van der Waals surface area contributed by atoms with Crippen LogP contribution >= 0.6 is 12.2 Å². The van der Waals surface area contributed by atoms with Gasteiger partial charge in [-0.05, 0) is 30.9 Å². The molecule has 0 radical (unpaired) electrons. The third kappa shape index (κ3) is 2.32. The number of aromatic nitrogens is 1. The van der Waals surface area contributed by atoms with Crippen LogP contribution in [0.3, 0.4) is 0 Å². The average Bonchev–Trinajstić information content (AvgIpc) is 2.29. The zero-order valence-corrected chi connectivity index (χ0v) is 10.3. The summed E-state index contributed by atoms with van der Waals surface area (Å²) in [5.74, 6) is 0.730. The van der Waals surface area contributed by atoms with Gasteiger partial charge in [-0.15, -0.1) is 0 Å². The first-order valence-electron chi connectivity index (χ1n) is 5.68. The van der Waals surface area contributed by atoms with Crippen molar-refractivity contribution in [2.45, 2.75) is 19.8 Å². The Hall–Kier alpha value is -1.16. The molecule has 1 saturated heterocycles. The molecule has 2 N–H and O–H groups in total. The minimum atomic E-state index is 0.383. The maximum Gasteiger partial charge on any atom is 0.124 e. The first-order valence-corrected chi connectivity index (χ1v) is 6.09. The number of thiocarbonyl (C=S) groups is 1. The van der Waals surface area contributed by atoms with E-state index in [0.29, 0.717) is 4.99 Å². The summed E-state index contributed by atoms with van der Waals surface area (Å²) in [6.45, 7) is 4.43. The second-order valence-corrected chi connectivity index (χ2v) is 4.87. The number of piperidine rings is 1. The standard InChI is InChI=1S/C12H17N3S/c1-9-4-3-7-15(8-9)10-5-2-6-14-11(10)12(13)16/h2,5-6,9H,3-4,7-8H2,1H3,(H2,13,16). The third-order valence-corrected chi connectivity index (χ3v) is 3.21. The topological polar surface area (TPSA) is 42.2 Å². The number of anilines is 1. The SMILES string of the molecule is CC1CCCN(c2cccnc2C(N)=S)C1. The zero-order chi connectivity index (χ0) is 11.5. The van der Waals surface area contributed by atoms with Crippen molar-refractivity contribution in [2.75, 3.05) is 18.0 Å². The normalized spacial score (nSPS) is 20.8. The highest BCUT2D eigenvalue weighted by molar-refractivity contribution is 7.80. The van der Waals surface area contributed by atoms with E-state index in [1.54, 1.807) is 6.20 Å². The van der Waals surface area contributed by atoms with E-state index >= 15 is 0 Å². The van der Waals surface area contributed by atoms with E-state index in [4.69, 9.17) is 18.0 Å². The highest BCUT2D eigenvalue weighted by Gasteiger charge is 2.19. The molecule has 86 valence electrons. The van der Waals surface area contributed by atoms with Crippen LogP contribution in [0.4, 0.5) is 5.69 Å². The zero-order valence-electron chi connectivity index (χ0n) is 9.52. The largest absolute Gasteiger partial charge is 0.388 e. The van der Waals surface area contributed by atoms with Gasteiger partial charge >= 0.3 is 0 Å². The van der Waals surface area contributed by atoms with Crippen molar-refractivity contribution >= 4 is 22.9 Å². The van der Waals surface area contributed by atoms with E-state index < -0.39 is 0 Å². The molecule has 0 aromatic carbocycles.